The van der Waals surface area contributed by atoms with Crippen LogP contribution >= 0.6 is 0 Å². The van der Waals surface area contributed by atoms with Gasteiger partial charge in [0.05, 0.1) is 13.2 Å². The van der Waals surface area contributed by atoms with Crippen molar-refractivity contribution in [2.45, 2.75) is 90.3 Å². The number of ether oxygens (including phenoxy) is 6. The Hall–Kier alpha value is -2.69. The van der Waals surface area contributed by atoms with Gasteiger partial charge in [0, 0.05) is 34.1 Å². The molecule has 1 aliphatic heterocycles. The molecule has 0 amide bonds. The summed E-state index contributed by atoms with van der Waals surface area (Å²) < 4.78 is 31.8. The first kappa shape index (κ1) is 27.3. The molecule has 1 rings (SSSR count). The first-order chi connectivity index (χ1) is 15.0. The molecule has 1 fully saturated rings. The van der Waals surface area contributed by atoms with Gasteiger partial charge in [-0.2, -0.15) is 0 Å². The molecule has 0 bridgehead atoms. The molecule has 182 valence electrons. The molecule has 0 unspecified atom stereocenters. The van der Waals surface area contributed by atoms with Crippen LogP contribution in [0.5, 0.6) is 0 Å². The molecule has 0 saturated carbocycles. The van der Waals surface area contributed by atoms with Gasteiger partial charge >= 0.3 is 29.8 Å². The normalized spacial score (nSPS) is 24.7. The Morgan fingerprint density at radius 2 is 1.22 bits per heavy atom. The third-order valence-electron chi connectivity index (χ3n) is 4.68. The van der Waals surface area contributed by atoms with Gasteiger partial charge in [0.25, 0.3) is 0 Å². The van der Waals surface area contributed by atoms with E-state index in [-0.39, 0.29) is 19.0 Å². The van der Waals surface area contributed by atoms with Gasteiger partial charge in [-0.3, -0.25) is 24.0 Å². The minimum atomic E-state index is -1.16. The molecule has 1 aliphatic rings. The van der Waals surface area contributed by atoms with Crippen molar-refractivity contribution in [3.05, 3.63) is 0 Å². The summed E-state index contributed by atoms with van der Waals surface area (Å²) in [6, 6.07) is 0. The maximum absolute atomic E-state index is 11.8. The van der Waals surface area contributed by atoms with Crippen LogP contribution in [0, 0.1) is 0 Å². The lowest BCUT2D eigenvalue weighted by atomic mass is 9.91. The largest absolute Gasteiger partial charge is 0.469 e. The third-order valence-corrected chi connectivity index (χ3v) is 4.68. The quantitative estimate of drug-likeness (QED) is 0.250. The number of esters is 5. The van der Waals surface area contributed by atoms with E-state index in [0.717, 1.165) is 0 Å². The van der Waals surface area contributed by atoms with Crippen LogP contribution in [0.1, 0.15) is 59.8 Å². The van der Waals surface area contributed by atoms with Crippen molar-refractivity contribution < 1.29 is 52.4 Å². The van der Waals surface area contributed by atoms with Crippen LogP contribution in [0.25, 0.3) is 0 Å². The highest BCUT2D eigenvalue weighted by atomic mass is 16.7. The number of hydrogen-bond donors (Lipinski definition) is 0. The van der Waals surface area contributed by atoms with Crippen LogP contribution in [0.2, 0.25) is 0 Å². The van der Waals surface area contributed by atoms with Gasteiger partial charge in [0.2, 0.25) is 0 Å². The minimum Gasteiger partial charge on any atom is -0.469 e. The van der Waals surface area contributed by atoms with E-state index < -0.39 is 54.4 Å². The zero-order valence-corrected chi connectivity index (χ0v) is 19.1. The highest BCUT2D eigenvalue weighted by Crippen LogP contribution is 2.31. The van der Waals surface area contributed by atoms with Crippen LogP contribution < -0.4 is 0 Å². The number of hydrogen-bond acceptors (Lipinski definition) is 11. The van der Waals surface area contributed by atoms with E-state index in [0.29, 0.717) is 25.7 Å². The molecule has 0 spiro atoms. The fraction of sp³-hybridized carbons (Fsp3) is 0.762. The van der Waals surface area contributed by atoms with Gasteiger partial charge < -0.3 is 28.4 Å². The molecule has 1 saturated heterocycles. The van der Waals surface area contributed by atoms with Gasteiger partial charge in [-0.1, -0.05) is 12.8 Å². The molecule has 32 heavy (non-hydrogen) atoms. The summed E-state index contributed by atoms with van der Waals surface area (Å²) >= 11 is 0. The molecule has 0 aromatic carbocycles. The van der Waals surface area contributed by atoms with Gasteiger partial charge in [0.1, 0.15) is 12.7 Å². The number of carbonyl (C=O) groups is 5. The first-order valence-corrected chi connectivity index (χ1v) is 10.4. The second-order valence-electron chi connectivity index (χ2n) is 7.41. The van der Waals surface area contributed by atoms with Crippen LogP contribution in [-0.4, -0.2) is 74.1 Å². The summed E-state index contributed by atoms with van der Waals surface area (Å²) in [6.07, 6.45) is -2.51. The van der Waals surface area contributed by atoms with Crippen molar-refractivity contribution in [1.29, 1.82) is 0 Å². The van der Waals surface area contributed by atoms with E-state index >= 15 is 0 Å². The Bertz CT molecular complexity index is 675. The average Bonchev–Trinajstić information content (AvgIpc) is 2.69. The van der Waals surface area contributed by atoms with Crippen LogP contribution in [0.15, 0.2) is 0 Å². The number of rotatable bonds is 11. The molecule has 5 atom stereocenters. The number of carbonyl (C=O) groups excluding carboxylic acids is 5. The second-order valence-corrected chi connectivity index (χ2v) is 7.41. The molecular formula is C21H32O11. The number of unbranched alkanes of at least 4 members (excludes halogenated alkanes) is 2. The Morgan fingerprint density at radius 3 is 1.72 bits per heavy atom. The minimum absolute atomic E-state index is 0.253. The van der Waals surface area contributed by atoms with E-state index in [1.54, 1.807) is 0 Å². The van der Waals surface area contributed by atoms with Crippen molar-refractivity contribution in [2.75, 3.05) is 13.7 Å². The van der Waals surface area contributed by atoms with Gasteiger partial charge in [-0.25, -0.2) is 0 Å². The summed E-state index contributed by atoms with van der Waals surface area (Å²) in [5.74, 6) is -2.86. The van der Waals surface area contributed by atoms with Crippen LogP contribution in [0.4, 0.5) is 0 Å². The summed E-state index contributed by atoms with van der Waals surface area (Å²) in [5.41, 5.74) is 0. The van der Waals surface area contributed by atoms with Crippen molar-refractivity contribution >= 4 is 29.8 Å². The smallest absolute Gasteiger partial charge is 0.305 e. The lowest BCUT2D eigenvalue weighted by molar-refractivity contribution is -0.253. The van der Waals surface area contributed by atoms with Crippen LogP contribution in [0.3, 0.4) is 0 Å². The maximum atomic E-state index is 11.8. The molecule has 0 radical (unpaired) electrons. The zero-order chi connectivity index (χ0) is 24.3. The van der Waals surface area contributed by atoms with Crippen molar-refractivity contribution in [3.63, 3.8) is 0 Å². The van der Waals surface area contributed by atoms with E-state index in [9.17, 15) is 24.0 Å². The first-order valence-electron chi connectivity index (χ1n) is 10.4. The SMILES string of the molecule is COC(=O)CCCCC[C@@H]1O[C@H](COC(C)=O)[C@H](OC(C)=O)[C@H](OC(C)=O)[C@H]1OC(C)=O. The highest BCUT2D eigenvalue weighted by molar-refractivity contribution is 5.69. The zero-order valence-electron chi connectivity index (χ0n) is 19.1. The molecule has 11 nitrogen and oxygen atoms in total. The van der Waals surface area contributed by atoms with Crippen molar-refractivity contribution in [1.82, 2.24) is 0 Å². The Balaban J connectivity index is 3.07. The highest BCUT2D eigenvalue weighted by Gasteiger charge is 2.51. The summed E-state index contributed by atoms with van der Waals surface area (Å²) in [6.45, 7) is 4.50. The molecular weight excluding hydrogens is 428 g/mol. The summed E-state index contributed by atoms with van der Waals surface area (Å²) in [4.78, 5) is 57.8. The Kier molecular flexibility index (Phi) is 11.7. The Labute approximate surface area is 187 Å². The van der Waals surface area contributed by atoms with E-state index in [4.69, 9.17) is 23.7 Å². The molecule has 0 aliphatic carbocycles. The predicted molar refractivity (Wildman–Crippen MR) is 107 cm³/mol. The van der Waals surface area contributed by atoms with Crippen LogP contribution in [-0.2, 0) is 52.4 Å². The van der Waals surface area contributed by atoms with Gasteiger partial charge in [-0.05, 0) is 12.8 Å². The second kappa shape index (κ2) is 13.7. The summed E-state index contributed by atoms with van der Waals surface area (Å²) in [7, 11) is 1.32. The summed E-state index contributed by atoms with van der Waals surface area (Å²) in [5, 5.41) is 0. The van der Waals surface area contributed by atoms with E-state index in [1.165, 1.54) is 34.8 Å². The third kappa shape index (κ3) is 9.63. The fourth-order valence-electron chi connectivity index (χ4n) is 3.44. The molecule has 0 N–H and O–H groups in total. The lowest BCUT2D eigenvalue weighted by Gasteiger charge is -2.44. The fourth-order valence-corrected chi connectivity index (χ4v) is 3.44. The molecule has 11 heteroatoms. The van der Waals surface area contributed by atoms with Crippen molar-refractivity contribution in [3.8, 4) is 0 Å². The topological polar surface area (TPSA) is 141 Å². The molecule has 0 aromatic heterocycles. The van der Waals surface area contributed by atoms with E-state index in [2.05, 4.69) is 4.74 Å². The van der Waals surface area contributed by atoms with E-state index in [1.807, 2.05) is 0 Å². The standard InChI is InChI=1S/C21H32O11/c1-12(22)28-11-17-20(30-14(3)24)21(31-15(4)25)19(29-13(2)23)16(32-17)9-7-6-8-10-18(26)27-5/h16-17,19-21H,6-11H2,1-5H3/t16-,17+,19-,20-,21+/m0/s1. The number of methoxy groups -OCH3 is 1. The molecule has 0 aromatic rings. The van der Waals surface area contributed by atoms with Crippen molar-refractivity contribution in [2.24, 2.45) is 0 Å². The monoisotopic (exact) mass is 460 g/mol. The lowest BCUT2D eigenvalue weighted by Crippen LogP contribution is -2.62. The average molecular weight is 460 g/mol. The predicted octanol–water partition coefficient (Wildman–Crippen LogP) is 1.24. The maximum Gasteiger partial charge on any atom is 0.305 e. The Morgan fingerprint density at radius 1 is 0.688 bits per heavy atom. The molecule has 1 heterocycles. The van der Waals surface area contributed by atoms with Gasteiger partial charge in [0.15, 0.2) is 18.3 Å². The van der Waals surface area contributed by atoms with Gasteiger partial charge in [-0.15, -0.1) is 0 Å².